The Morgan fingerprint density at radius 2 is 2.12 bits per heavy atom. The van der Waals surface area contributed by atoms with Gasteiger partial charge in [-0.2, -0.15) is 0 Å². The maximum Gasteiger partial charge on any atom is 0.329 e. The highest BCUT2D eigenvalue weighted by atomic mass is 16.5. The lowest BCUT2D eigenvalue weighted by Crippen LogP contribution is -2.28. The SMILES string of the molecule is CC1CCC(C(C)C)C(CCOCC(=O)O)C1. The van der Waals surface area contributed by atoms with Gasteiger partial charge in [0.15, 0.2) is 0 Å². The molecule has 0 heterocycles. The van der Waals surface area contributed by atoms with Crippen LogP contribution in [0.15, 0.2) is 0 Å². The van der Waals surface area contributed by atoms with E-state index in [-0.39, 0.29) is 6.61 Å². The molecule has 0 radical (unpaired) electrons. The Bertz CT molecular complexity index is 238. The predicted octanol–water partition coefficient (Wildman–Crippen LogP) is 3.19. The molecule has 1 saturated carbocycles. The van der Waals surface area contributed by atoms with E-state index in [1.165, 1.54) is 19.3 Å². The van der Waals surface area contributed by atoms with Gasteiger partial charge in [0.2, 0.25) is 0 Å². The largest absolute Gasteiger partial charge is 0.480 e. The van der Waals surface area contributed by atoms with Crippen LogP contribution in [0, 0.1) is 23.7 Å². The smallest absolute Gasteiger partial charge is 0.329 e. The highest BCUT2D eigenvalue weighted by molar-refractivity contribution is 5.67. The van der Waals surface area contributed by atoms with E-state index in [0.717, 1.165) is 24.2 Å². The molecular formula is C14H26O3. The average Bonchev–Trinajstić information content (AvgIpc) is 2.23. The third-order valence-corrected chi connectivity index (χ3v) is 4.02. The van der Waals surface area contributed by atoms with Crippen LogP contribution in [0.3, 0.4) is 0 Å². The molecule has 17 heavy (non-hydrogen) atoms. The van der Waals surface area contributed by atoms with Gasteiger partial charge in [-0.15, -0.1) is 0 Å². The summed E-state index contributed by atoms with van der Waals surface area (Å²) in [6.45, 7) is 7.35. The molecule has 3 heteroatoms. The maximum absolute atomic E-state index is 10.4. The van der Waals surface area contributed by atoms with E-state index in [1.54, 1.807) is 0 Å². The summed E-state index contributed by atoms with van der Waals surface area (Å²) >= 11 is 0. The van der Waals surface area contributed by atoms with Gasteiger partial charge in [0.25, 0.3) is 0 Å². The monoisotopic (exact) mass is 242 g/mol. The van der Waals surface area contributed by atoms with Gasteiger partial charge in [-0.3, -0.25) is 0 Å². The number of hydrogen-bond donors (Lipinski definition) is 1. The summed E-state index contributed by atoms with van der Waals surface area (Å²) in [6, 6.07) is 0. The Labute approximate surface area is 105 Å². The summed E-state index contributed by atoms with van der Waals surface area (Å²) < 4.78 is 5.16. The summed E-state index contributed by atoms with van der Waals surface area (Å²) in [5.41, 5.74) is 0. The van der Waals surface area contributed by atoms with Crippen LogP contribution in [0.1, 0.15) is 46.5 Å². The molecule has 3 unspecified atom stereocenters. The van der Waals surface area contributed by atoms with Crippen molar-refractivity contribution in [1.29, 1.82) is 0 Å². The van der Waals surface area contributed by atoms with Gasteiger partial charge in [0.1, 0.15) is 6.61 Å². The summed E-state index contributed by atoms with van der Waals surface area (Å²) in [5, 5.41) is 8.51. The van der Waals surface area contributed by atoms with Crippen LogP contribution in [0.25, 0.3) is 0 Å². The summed E-state index contributed by atoms with van der Waals surface area (Å²) in [4.78, 5) is 10.4. The number of hydrogen-bond acceptors (Lipinski definition) is 2. The van der Waals surface area contributed by atoms with Crippen molar-refractivity contribution >= 4 is 5.97 Å². The van der Waals surface area contributed by atoms with Gasteiger partial charge >= 0.3 is 5.97 Å². The molecule has 1 rings (SSSR count). The zero-order valence-corrected chi connectivity index (χ0v) is 11.3. The Kier molecular flexibility index (Phi) is 5.96. The van der Waals surface area contributed by atoms with Crippen molar-refractivity contribution in [2.24, 2.45) is 23.7 Å². The topological polar surface area (TPSA) is 46.5 Å². The fraction of sp³-hybridized carbons (Fsp3) is 0.929. The first-order valence-electron chi connectivity index (χ1n) is 6.80. The minimum absolute atomic E-state index is 0.158. The van der Waals surface area contributed by atoms with Crippen LogP contribution in [0.2, 0.25) is 0 Å². The second-order valence-electron chi connectivity index (χ2n) is 5.82. The van der Waals surface area contributed by atoms with E-state index in [1.807, 2.05) is 0 Å². The highest BCUT2D eigenvalue weighted by Crippen LogP contribution is 2.39. The molecule has 3 nitrogen and oxygen atoms in total. The second kappa shape index (κ2) is 7.00. The molecule has 0 aliphatic heterocycles. The Morgan fingerprint density at radius 1 is 1.41 bits per heavy atom. The lowest BCUT2D eigenvalue weighted by molar-refractivity contribution is -0.142. The number of carbonyl (C=O) groups is 1. The van der Waals surface area contributed by atoms with E-state index in [4.69, 9.17) is 9.84 Å². The molecule has 0 amide bonds. The highest BCUT2D eigenvalue weighted by Gasteiger charge is 2.30. The van der Waals surface area contributed by atoms with Crippen LogP contribution in [-0.2, 0) is 9.53 Å². The van der Waals surface area contributed by atoms with Gasteiger partial charge in [-0.1, -0.05) is 27.2 Å². The lowest BCUT2D eigenvalue weighted by atomic mass is 9.69. The first-order chi connectivity index (χ1) is 8.00. The number of carboxylic acid groups (broad SMARTS) is 1. The van der Waals surface area contributed by atoms with Crippen molar-refractivity contribution in [1.82, 2.24) is 0 Å². The van der Waals surface area contributed by atoms with Crippen LogP contribution in [0.4, 0.5) is 0 Å². The van der Waals surface area contributed by atoms with Crippen molar-refractivity contribution < 1.29 is 14.6 Å². The Morgan fingerprint density at radius 3 is 2.71 bits per heavy atom. The third-order valence-electron chi connectivity index (χ3n) is 4.02. The van der Waals surface area contributed by atoms with E-state index < -0.39 is 5.97 Å². The van der Waals surface area contributed by atoms with Crippen LogP contribution >= 0.6 is 0 Å². The third kappa shape index (κ3) is 5.07. The van der Waals surface area contributed by atoms with Gasteiger partial charge < -0.3 is 9.84 Å². The molecular weight excluding hydrogens is 216 g/mol. The molecule has 0 aromatic heterocycles. The van der Waals surface area contributed by atoms with Crippen LogP contribution in [0.5, 0.6) is 0 Å². The minimum atomic E-state index is -0.873. The molecule has 0 spiro atoms. The molecule has 3 atom stereocenters. The van der Waals surface area contributed by atoms with Gasteiger partial charge in [0.05, 0.1) is 0 Å². The van der Waals surface area contributed by atoms with Crippen molar-refractivity contribution in [3.05, 3.63) is 0 Å². The zero-order valence-electron chi connectivity index (χ0n) is 11.3. The van der Waals surface area contributed by atoms with E-state index in [0.29, 0.717) is 12.5 Å². The minimum Gasteiger partial charge on any atom is -0.480 e. The number of aliphatic carboxylic acids is 1. The molecule has 1 N–H and O–H groups in total. The Balaban J connectivity index is 2.33. The van der Waals surface area contributed by atoms with Crippen molar-refractivity contribution in [2.75, 3.05) is 13.2 Å². The summed E-state index contributed by atoms with van der Waals surface area (Å²) in [7, 11) is 0. The first kappa shape index (κ1) is 14.5. The molecule has 100 valence electrons. The fourth-order valence-electron chi connectivity index (χ4n) is 3.13. The van der Waals surface area contributed by atoms with Crippen molar-refractivity contribution in [3.8, 4) is 0 Å². The van der Waals surface area contributed by atoms with Crippen LogP contribution < -0.4 is 0 Å². The molecule has 0 saturated heterocycles. The van der Waals surface area contributed by atoms with E-state index in [9.17, 15) is 4.79 Å². The maximum atomic E-state index is 10.4. The quantitative estimate of drug-likeness (QED) is 0.728. The number of carboxylic acids is 1. The zero-order chi connectivity index (χ0) is 12.8. The molecule has 1 aliphatic carbocycles. The Hall–Kier alpha value is -0.570. The predicted molar refractivity (Wildman–Crippen MR) is 67.9 cm³/mol. The van der Waals surface area contributed by atoms with Crippen LogP contribution in [-0.4, -0.2) is 24.3 Å². The molecule has 0 aromatic rings. The fourth-order valence-corrected chi connectivity index (χ4v) is 3.13. The van der Waals surface area contributed by atoms with E-state index >= 15 is 0 Å². The number of ether oxygens (including phenoxy) is 1. The molecule has 1 aliphatic rings. The van der Waals surface area contributed by atoms with E-state index in [2.05, 4.69) is 20.8 Å². The summed E-state index contributed by atoms with van der Waals surface area (Å²) in [5.74, 6) is 2.18. The van der Waals surface area contributed by atoms with Crippen molar-refractivity contribution in [2.45, 2.75) is 46.5 Å². The van der Waals surface area contributed by atoms with Gasteiger partial charge in [-0.25, -0.2) is 4.79 Å². The lowest BCUT2D eigenvalue weighted by Gasteiger charge is -2.37. The molecule has 0 bridgehead atoms. The number of rotatable bonds is 6. The second-order valence-corrected chi connectivity index (χ2v) is 5.82. The first-order valence-corrected chi connectivity index (χ1v) is 6.80. The molecule has 0 aromatic carbocycles. The molecule has 1 fully saturated rings. The van der Waals surface area contributed by atoms with Gasteiger partial charge in [-0.05, 0) is 42.9 Å². The average molecular weight is 242 g/mol. The van der Waals surface area contributed by atoms with Crippen molar-refractivity contribution in [3.63, 3.8) is 0 Å². The standard InChI is InChI=1S/C14H26O3/c1-10(2)13-5-4-11(3)8-12(13)6-7-17-9-14(15)16/h10-13H,4-9H2,1-3H3,(H,15,16). The van der Waals surface area contributed by atoms with Gasteiger partial charge in [0, 0.05) is 6.61 Å². The normalized spacial score (nSPS) is 29.5. The summed E-state index contributed by atoms with van der Waals surface area (Å²) in [6.07, 6.45) is 4.96.